The molecule has 1 aromatic rings. The number of hydrogen-bond donors (Lipinski definition) is 3. The third kappa shape index (κ3) is 4.29. The SMILES string of the molecule is N#CC[C@@H](C1CC1)N1NC(Nc2ccc(S(=O)(=O)N3CCOC4CCC[C@@H]43)cc2)C2C(=O)NCCC21. The van der Waals surface area contributed by atoms with Crippen LogP contribution in [0.1, 0.15) is 44.9 Å². The van der Waals surface area contributed by atoms with Gasteiger partial charge in [-0.3, -0.25) is 4.79 Å². The number of anilines is 1. The lowest BCUT2D eigenvalue weighted by atomic mass is 9.90. The normalized spacial score (nSPS) is 33.9. The number of sulfonamides is 1. The summed E-state index contributed by atoms with van der Waals surface area (Å²) >= 11 is 0. The van der Waals surface area contributed by atoms with Gasteiger partial charge in [-0.1, -0.05) is 0 Å². The highest BCUT2D eigenvalue weighted by molar-refractivity contribution is 7.89. The largest absolute Gasteiger partial charge is 0.375 e. The van der Waals surface area contributed by atoms with Crippen molar-refractivity contribution in [2.24, 2.45) is 11.8 Å². The van der Waals surface area contributed by atoms with Gasteiger partial charge in [-0.15, -0.1) is 0 Å². The minimum atomic E-state index is -3.61. The van der Waals surface area contributed by atoms with Gasteiger partial charge in [0.05, 0.1) is 42.1 Å². The van der Waals surface area contributed by atoms with Crippen molar-refractivity contribution in [1.29, 1.82) is 5.26 Å². The molecule has 3 N–H and O–H groups in total. The van der Waals surface area contributed by atoms with E-state index in [1.165, 1.54) is 0 Å². The Morgan fingerprint density at radius 2 is 1.94 bits per heavy atom. The number of carbonyl (C=O) groups excluding carboxylic acids is 1. The van der Waals surface area contributed by atoms with E-state index in [9.17, 15) is 18.5 Å². The molecule has 0 radical (unpaired) electrons. The second-order valence-electron chi connectivity index (χ2n) is 10.6. The van der Waals surface area contributed by atoms with Crippen LogP contribution in [0.3, 0.4) is 0 Å². The molecule has 1 aromatic carbocycles. The van der Waals surface area contributed by atoms with E-state index >= 15 is 0 Å². The first-order valence-corrected chi connectivity index (χ1v) is 14.6. The summed E-state index contributed by atoms with van der Waals surface area (Å²) in [5, 5.41) is 18.0. The lowest BCUT2D eigenvalue weighted by Crippen LogP contribution is -2.52. The van der Waals surface area contributed by atoms with Crippen LogP contribution in [0.15, 0.2) is 29.2 Å². The highest BCUT2D eigenvalue weighted by atomic mass is 32.2. The Balaban J connectivity index is 1.19. The third-order valence-electron chi connectivity index (χ3n) is 8.50. The van der Waals surface area contributed by atoms with Crippen LogP contribution in [0.2, 0.25) is 0 Å². The van der Waals surface area contributed by atoms with Gasteiger partial charge in [0.1, 0.15) is 6.17 Å². The Morgan fingerprint density at radius 1 is 1.14 bits per heavy atom. The molecule has 10 nitrogen and oxygen atoms in total. The minimum Gasteiger partial charge on any atom is -0.375 e. The molecule has 6 rings (SSSR count). The molecule has 0 spiro atoms. The molecule has 3 saturated heterocycles. The number of rotatable bonds is 7. The summed E-state index contributed by atoms with van der Waals surface area (Å²) in [4.78, 5) is 13.1. The molecule has 5 aliphatic rings. The number of piperidine rings is 1. The molecule has 2 aliphatic carbocycles. The molecule has 2 saturated carbocycles. The minimum absolute atomic E-state index is 0.000866. The average molecular weight is 515 g/mol. The molecular weight excluding hydrogens is 480 g/mol. The van der Waals surface area contributed by atoms with Gasteiger partial charge in [-0.2, -0.15) is 9.57 Å². The second kappa shape index (κ2) is 9.58. The number of ether oxygens (including phenoxy) is 1. The predicted octanol–water partition coefficient (Wildman–Crippen LogP) is 1.38. The van der Waals surface area contributed by atoms with Crippen molar-refractivity contribution < 1.29 is 17.9 Å². The van der Waals surface area contributed by atoms with Gasteiger partial charge in [0, 0.05) is 30.9 Å². The topological polar surface area (TPSA) is 127 Å². The molecule has 0 bridgehead atoms. The molecule has 194 valence electrons. The van der Waals surface area contributed by atoms with Crippen molar-refractivity contribution in [1.82, 2.24) is 20.1 Å². The van der Waals surface area contributed by atoms with E-state index < -0.39 is 10.0 Å². The first-order chi connectivity index (χ1) is 17.5. The Kier molecular flexibility index (Phi) is 6.42. The van der Waals surface area contributed by atoms with Gasteiger partial charge in [-0.25, -0.2) is 18.9 Å². The van der Waals surface area contributed by atoms with Crippen LogP contribution >= 0.6 is 0 Å². The van der Waals surface area contributed by atoms with Crippen molar-refractivity contribution in [3.05, 3.63) is 24.3 Å². The zero-order valence-electron chi connectivity index (χ0n) is 20.3. The smallest absolute Gasteiger partial charge is 0.243 e. The maximum atomic E-state index is 13.4. The lowest BCUT2D eigenvalue weighted by molar-refractivity contribution is -0.128. The van der Waals surface area contributed by atoms with Crippen LogP contribution in [-0.2, 0) is 19.6 Å². The van der Waals surface area contributed by atoms with Crippen LogP contribution in [0, 0.1) is 23.2 Å². The fourth-order valence-electron chi connectivity index (χ4n) is 6.59. The van der Waals surface area contributed by atoms with Gasteiger partial charge >= 0.3 is 0 Å². The Bertz CT molecular complexity index is 1130. The van der Waals surface area contributed by atoms with Gasteiger partial charge < -0.3 is 15.4 Å². The Hall–Kier alpha value is -2.23. The summed E-state index contributed by atoms with van der Waals surface area (Å²) in [6.07, 6.45) is 5.90. The maximum Gasteiger partial charge on any atom is 0.243 e. The van der Waals surface area contributed by atoms with Crippen molar-refractivity contribution in [2.75, 3.05) is 25.0 Å². The molecule has 5 fully saturated rings. The van der Waals surface area contributed by atoms with Crippen LogP contribution in [0.4, 0.5) is 5.69 Å². The zero-order valence-corrected chi connectivity index (χ0v) is 21.1. The monoisotopic (exact) mass is 514 g/mol. The van der Waals surface area contributed by atoms with E-state index in [1.54, 1.807) is 28.6 Å². The zero-order chi connectivity index (χ0) is 24.9. The third-order valence-corrected chi connectivity index (χ3v) is 10.4. The number of morpholine rings is 1. The molecule has 36 heavy (non-hydrogen) atoms. The van der Waals surface area contributed by atoms with Crippen LogP contribution in [-0.4, -0.2) is 73.7 Å². The van der Waals surface area contributed by atoms with E-state index in [0.29, 0.717) is 32.0 Å². The number of nitrogens with zero attached hydrogens (tertiary/aromatic N) is 3. The van der Waals surface area contributed by atoms with Gasteiger partial charge in [0.15, 0.2) is 0 Å². The van der Waals surface area contributed by atoms with E-state index in [4.69, 9.17) is 4.74 Å². The lowest BCUT2D eigenvalue weighted by Gasteiger charge is -2.36. The molecule has 3 aliphatic heterocycles. The quantitative estimate of drug-likeness (QED) is 0.498. The summed E-state index contributed by atoms with van der Waals surface area (Å²) in [5.74, 6) is 0.198. The Labute approximate surface area is 212 Å². The second-order valence-corrected chi connectivity index (χ2v) is 12.5. The van der Waals surface area contributed by atoms with Gasteiger partial charge in [0.25, 0.3) is 0 Å². The maximum absolute atomic E-state index is 13.4. The van der Waals surface area contributed by atoms with E-state index in [0.717, 1.165) is 44.2 Å². The highest BCUT2D eigenvalue weighted by Crippen LogP contribution is 2.41. The number of hydrogen-bond acceptors (Lipinski definition) is 8. The van der Waals surface area contributed by atoms with E-state index in [2.05, 4.69) is 27.1 Å². The summed E-state index contributed by atoms with van der Waals surface area (Å²) in [5.41, 5.74) is 4.25. The van der Waals surface area contributed by atoms with Crippen LogP contribution in [0.25, 0.3) is 0 Å². The standard InChI is InChI=1S/C25H34N6O4S/c26-12-10-19(16-4-5-16)31-21-11-13-27-25(32)23(21)24(29-31)28-17-6-8-18(9-7-17)36(33,34)30-14-15-35-22-3-1-2-20(22)30/h6-9,16,19-24,28-29H,1-5,10-11,13-15H2,(H,27,32)/t19-,20-,21?,22?,23?,24?/m0/s1. The van der Waals surface area contributed by atoms with Crippen molar-refractivity contribution in [2.45, 2.75) is 80.2 Å². The first kappa shape index (κ1) is 24.1. The molecule has 3 heterocycles. The highest BCUT2D eigenvalue weighted by Gasteiger charge is 2.52. The number of hydrazine groups is 1. The molecule has 0 aromatic heterocycles. The summed E-state index contributed by atoms with van der Waals surface area (Å²) in [7, 11) is -3.61. The number of carbonyl (C=O) groups is 1. The molecule has 1 amide bonds. The fourth-order valence-corrected chi connectivity index (χ4v) is 8.26. The summed E-state index contributed by atoms with van der Waals surface area (Å²) < 4.78 is 34.2. The molecule has 11 heteroatoms. The van der Waals surface area contributed by atoms with Gasteiger partial charge in [-0.05, 0) is 68.7 Å². The molecule has 6 atom stereocenters. The van der Waals surface area contributed by atoms with E-state index in [-0.39, 0.29) is 47.1 Å². The molecular formula is C25H34N6O4S. The number of amides is 1. The predicted molar refractivity (Wildman–Crippen MR) is 132 cm³/mol. The van der Waals surface area contributed by atoms with Crippen molar-refractivity contribution in [3.63, 3.8) is 0 Å². The summed E-state index contributed by atoms with van der Waals surface area (Å²) in [6, 6.07) is 9.20. The van der Waals surface area contributed by atoms with E-state index in [1.807, 2.05) is 0 Å². The number of nitriles is 1. The van der Waals surface area contributed by atoms with Crippen molar-refractivity contribution >= 4 is 21.6 Å². The van der Waals surface area contributed by atoms with Crippen molar-refractivity contribution in [3.8, 4) is 6.07 Å². The summed E-state index contributed by atoms with van der Waals surface area (Å²) in [6.45, 7) is 1.45. The first-order valence-electron chi connectivity index (χ1n) is 13.2. The average Bonchev–Trinajstić information content (AvgIpc) is 3.49. The fraction of sp³-hybridized carbons (Fsp3) is 0.680. The van der Waals surface area contributed by atoms with Crippen LogP contribution < -0.4 is 16.1 Å². The number of fused-ring (bicyclic) bond motifs is 2. The molecule has 4 unspecified atom stereocenters. The number of benzene rings is 1. The van der Waals surface area contributed by atoms with Gasteiger partial charge in [0.2, 0.25) is 15.9 Å². The number of nitrogens with one attached hydrogen (secondary N) is 3. The Morgan fingerprint density at radius 3 is 2.69 bits per heavy atom. The van der Waals surface area contributed by atoms with Crippen LogP contribution in [0.5, 0.6) is 0 Å².